The first kappa shape index (κ1) is 13.1. The second-order valence-corrected chi connectivity index (χ2v) is 4.39. The normalized spacial score (nSPS) is 22.8. The first-order valence-electron chi connectivity index (χ1n) is 4.72. The molecule has 4 heteroatoms. The summed E-state index contributed by atoms with van der Waals surface area (Å²) in [5.74, 6) is 3.18. The summed E-state index contributed by atoms with van der Waals surface area (Å²) < 4.78 is 0. The standard InChI is InChI=1S/C9H18N2S.ClH/c1-2-3-4-8-7-12-6-5-9(10)11-8;/h8H,2-7H2,1H3,(H2,10,11);1H. The third-order valence-electron chi connectivity index (χ3n) is 2.05. The lowest BCUT2D eigenvalue weighted by molar-refractivity contribution is 0.624. The average Bonchev–Trinajstić information content (AvgIpc) is 2.26. The van der Waals surface area contributed by atoms with Gasteiger partial charge in [-0.2, -0.15) is 11.8 Å². The van der Waals surface area contributed by atoms with E-state index in [2.05, 4.69) is 11.9 Å². The second kappa shape index (κ2) is 7.51. The van der Waals surface area contributed by atoms with Crippen molar-refractivity contribution in [2.24, 2.45) is 10.7 Å². The van der Waals surface area contributed by atoms with Gasteiger partial charge in [0, 0.05) is 17.9 Å². The Hall–Kier alpha value is 0.110. The van der Waals surface area contributed by atoms with Crippen molar-refractivity contribution < 1.29 is 0 Å². The number of rotatable bonds is 3. The molecule has 0 fully saturated rings. The van der Waals surface area contributed by atoms with E-state index in [1.807, 2.05) is 11.8 Å². The highest BCUT2D eigenvalue weighted by atomic mass is 35.5. The van der Waals surface area contributed by atoms with Gasteiger partial charge in [0.05, 0.1) is 11.9 Å². The molecule has 1 rings (SSSR count). The predicted octanol–water partition coefficient (Wildman–Crippen LogP) is 2.46. The number of thioether (sulfide) groups is 1. The van der Waals surface area contributed by atoms with E-state index in [4.69, 9.17) is 5.73 Å². The Kier molecular flexibility index (Phi) is 7.57. The summed E-state index contributed by atoms with van der Waals surface area (Å²) in [6.45, 7) is 2.22. The molecule has 0 aliphatic carbocycles. The van der Waals surface area contributed by atoms with E-state index in [0.717, 1.165) is 18.0 Å². The number of amidine groups is 1. The van der Waals surface area contributed by atoms with E-state index in [0.29, 0.717) is 6.04 Å². The Morgan fingerprint density at radius 1 is 1.62 bits per heavy atom. The van der Waals surface area contributed by atoms with Crippen molar-refractivity contribution in [1.82, 2.24) is 0 Å². The summed E-state index contributed by atoms with van der Waals surface area (Å²) in [5.41, 5.74) is 5.73. The molecule has 2 N–H and O–H groups in total. The van der Waals surface area contributed by atoms with E-state index in [1.54, 1.807) is 0 Å². The van der Waals surface area contributed by atoms with Crippen LogP contribution < -0.4 is 5.73 Å². The minimum Gasteiger partial charge on any atom is -0.387 e. The summed E-state index contributed by atoms with van der Waals surface area (Å²) in [4.78, 5) is 4.49. The van der Waals surface area contributed by atoms with Crippen molar-refractivity contribution in [2.75, 3.05) is 11.5 Å². The van der Waals surface area contributed by atoms with Crippen molar-refractivity contribution in [2.45, 2.75) is 38.6 Å². The number of halogens is 1. The van der Waals surface area contributed by atoms with Gasteiger partial charge in [0.25, 0.3) is 0 Å². The van der Waals surface area contributed by atoms with Crippen LogP contribution in [0.1, 0.15) is 32.6 Å². The van der Waals surface area contributed by atoms with E-state index in [1.165, 1.54) is 25.0 Å². The molecule has 1 aliphatic heterocycles. The first-order valence-corrected chi connectivity index (χ1v) is 5.88. The van der Waals surface area contributed by atoms with Crippen molar-refractivity contribution in [3.8, 4) is 0 Å². The third-order valence-corrected chi connectivity index (χ3v) is 3.17. The highest BCUT2D eigenvalue weighted by molar-refractivity contribution is 7.99. The van der Waals surface area contributed by atoms with E-state index < -0.39 is 0 Å². The minimum absolute atomic E-state index is 0. The number of unbranched alkanes of at least 4 members (excludes halogenated alkanes) is 1. The van der Waals surface area contributed by atoms with Crippen LogP contribution in [0, 0.1) is 0 Å². The van der Waals surface area contributed by atoms with Crippen molar-refractivity contribution in [3.05, 3.63) is 0 Å². The Balaban J connectivity index is 0.00000144. The van der Waals surface area contributed by atoms with Crippen LogP contribution in [-0.2, 0) is 0 Å². The van der Waals surface area contributed by atoms with Crippen LogP contribution in [0.5, 0.6) is 0 Å². The summed E-state index contributed by atoms with van der Waals surface area (Å²) in [6.07, 6.45) is 4.73. The summed E-state index contributed by atoms with van der Waals surface area (Å²) in [7, 11) is 0. The monoisotopic (exact) mass is 222 g/mol. The van der Waals surface area contributed by atoms with Gasteiger partial charge in [0.2, 0.25) is 0 Å². The molecule has 0 aromatic rings. The van der Waals surface area contributed by atoms with Gasteiger partial charge in [-0.05, 0) is 6.42 Å². The largest absolute Gasteiger partial charge is 0.387 e. The molecular formula is C9H19ClN2S. The van der Waals surface area contributed by atoms with E-state index in [9.17, 15) is 0 Å². The zero-order chi connectivity index (χ0) is 8.81. The van der Waals surface area contributed by atoms with Gasteiger partial charge in [0.15, 0.2) is 0 Å². The Morgan fingerprint density at radius 3 is 3.08 bits per heavy atom. The third kappa shape index (κ3) is 5.42. The van der Waals surface area contributed by atoms with Crippen LogP contribution in [-0.4, -0.2) is 23.4 Å². The van der Waals surface area contributed by atoms with Gasteiger partial charge < -0.3 is 5.73 Å². The van der Waals surface area contributed by atoms with Crippen LogP contribution in [0.25, 0.3) is 0 Å². The summed E-state index contributed by atoms with van der Waals surface area (Å²) in [6, 6.07) is 0.498. The fraction of sp³-hybridized carbons (Fsp3) is 0.889. The van der Waals surface area contributed by atoms with Crippen LogP contribution >= 0.6 is 24.2 Å². The number of aliphatic imine (C=N–C) groups is 1. The van der Waals surface area contributed by atoms with Crippen LogP contribution in [0.15, 0.2) is 4.99 Å². The van der Waals surface area contributed by atoms with Crippen LogP contribution in [0.4, 0.5) is 0 Å². The lowest BCUT2D eigenvalue weighted by Crippen LogP contribution is -2.15. The maximum atomic E-state index is 5.73. The van der Waals surface area contributed by atoms with Crippen LogP contribution in [0.3, 0.4) is 0 Å². The number of hydrogen-bond acceptors (Lipinski definition) is 3. The van der Waals surface area contributed by atoms with E-state index >= 15 is 0 Å². The van der Waals surface area contributed by atoms with Gasteiger partial charge in [-0.25, -0.2) is 0 Å². The molecule has 0 saturated heterocycles. The van der Waals surface area contributed by atoms with Crippen molar-refractivity contribution in [1.29, 1.82) is 0 Å². The van der Waals surface area contributed by atoms with E-state index in [-0.39, 0.29) is 12.4 Å². The first-order chi connectivity index (χ1) is 5.83. The number of nitrogens with two attached hydrogens (primary N) is 1. The zero-order valence-electron chi connectivity index (χ0n) is 8.16. The molecule has 0 bridgehead atoms. The highest BCUT2D eigenvalue weighted by Gasteiger charge is 2.10. The van der Waals surface area contributed by atoms with Crippen LogP contribution in [0.2, 0.25) is 0 Å². The molecule has 78 valence electrons. The van der Waals surface area contributed by atoms with Gasteiger partial charge in [-0.1, -0.05) is 19.8 Å². The molecule has 0 spiro atoms. The molecule has 0 saturated carbocycles. The molecule has 1 atom stereocenters. The lowest BCUT2D eigenvalue weighted by Gasteiger charge is -2.08. The van der Waals surface area contributed by atoms with Gasteiger partial charge in [-0.15, -0.1) is 12.4 Å². The quantitative estimate of drug-likeness (QED) is 0.797. The number of nitrogens with zero attached hydrogens (tertiary/aromatic N) is 1. The topological polar surface area (TPSA) is 38.4 Å². The lowest BCUT2D eigenvalue weighted by atomic mass is 10.1. The van der Waals surface area contributed by atoms with Gasteiger partial charge >= 0.3 is 0 Å². The molecule has 0 radical (unpaired) electrons. The second-order valence-electron chi connectivity index (χ2n) is 3.24. The molecule has 0 amide bonds. The summed E-state index contributed by atoms with van der Waals surface area (Å²) >= 11 is 1.98. The maximum Gasteiger partial charge on any atom is 0.0949 e. The minimum atomic E-state index is 0. The molecule has 13 heavy (non-hydrogen) atoms. The van der Waals surface area contributed by atoms with Crippen molar-refractivity contribution >= 4 is 30.0 Å². The van der Waals surface area contributed by atoms with Crippen molar-refractivity contribution in [3.63, 3.8) is 0 Å². The zero-order valence-corrected chi connectivity index (χ0v) is 9.79. The number of hydrogen-bond donors (Lipinski definition) is 1. The molecule has 1 aliphatic rings. The molecule has 2 nitrogen and oxygen atoms in total. The SMILES string of the molecule is CCCCC1CSCCC(N)=N1.Cl. The Bertz CT molecular complexity index is 162. The summed E-state index contributed by atoms with van der Waals surface area (Å²) in [5, 5.41) is 0. The van der Waals surface area contributed by atoms with Gasteiger partial charge in [-0.3, -0.25) is 4.99 Å². The molecule has 0 aromatic heterocycles. The molecule has 1 unspecified atom stereocenters. The fourth-order valence-corrected chi connectivity index (χ4v) is 2.35. The molecular weight excluding hydrogens is 204 g/mol. The fourth-order valence-electron chi connectivity index (χ4n) is 1.32. The Labute approximate surface area is 91.2 Å². The predicted molar refractivity (Wildman–Crippen MR) is 64.1 cm³/mol. The molecule has 0 aromatic carbocycles. The Morgan fingerprint density at radius 2 is 2.38 bits per heavy atom. The maximum absolute atomic E-state index is 5.73. The smallest absolute Gasteiger partial charge is 0.0949 e. The molecule has 1 heterocycles. The average molecular weight is 223 g/mol. The highest BCUT2D eigenvalue weighted by Crippen LogP contribution is 2.16. The van der Waals surface area contributed by atoms with Gasteiger partial charge in [0.1, 0.15) is 0 Å².